The summed E-state index contributed by atoms with van der Waals surface area (Å²) >= 11 is 0. The van der Waals surface area contributed by atoms with E-state index in [9.17, 15) is 13.2 Å². The number of methoxy groups -OCH3 is 2. The van der Waals surface area contributed by atoms with Gasteiger partial charge >= 0.3 is 0 Å². The van der Waals surface area contributed by atoms with Crippen LogP contribution < -0.4 is 19.9 Å². The summed E-state index contributed by atoms with van der Waals surface area (Å²) in [4.78, 5) is 20.1. The Morgan fingerprint density at radius 2 is 1.86 bits per heavy atom. The van der Waals surface area contributed by atoms with Gasteiger partial charge in [0.25, 0.3) is 0 Å². The molecule has 4 N–H and O–H groups in total. The van der Waals surface area contributed by atoms with Crippen LogP contribution in [0.5, 0.6) is 11.5 Å². The van der Waals surface area contributed by atoms with Gasteiger partial charge in [0.2, 0.25) is 15.9 Å². The molecule has 0 bridgehead atoms. The van der Waals surface area contributed by atoms with Crippen molar-refractivity contribution in [2.75, 3.05) is 14.2 Å². The zero-order valence-corrected chi connectivity index (χ0v) is 20.8. The number of aromatic nitrogens is 2. The van der Waals surface area contributed by atoms with Gasteiger partial charge in [0, 0.05) is 35.0 Å². The van der Waals surface area contributed by atoms with Crippen LogP contribution in [-0.4, -0.2) is 38.5 Å². The summed E-state index contributed by atoms with van der Waals surface area (Å²) in [6.45, 7) is 1.88. The lowest BCUT2D eigenvalue weighted by molar-refractivity contribution is -0.117. The van der Waals surface area contributed by atoms with Gasteiger partial charge in [-0.05, 0) is 54.5 Å². The summed E-state index contributed by atoms with van der Waals surface area (Å²) in [5.74, 6) is 0.934. The molecule has 186 valence electrons. The van der Waals surface area contributed by atoms with Crippen molar-refractivity contribution in [3.8, 4) is 22.6 Å². The highest BCUT2D eigenvalue weighted by atomic mass is 32.2. The van der Waals surface area contributed by atoms with Crippen molar-refractivity contribution in [2.24, 2.45) is 5.14 Å². The molecule has 0 saturated carbocycles. The second-order valence-electron chi connectivity index (χ2n) is 8.12. The summed E-state index contributed by atoms with van der Waals surface area (Å²) in [6.07, 6.45) is 6.55. The first-order valence-corrected chi connectivity index (χ1v) is 12.5. The van der Waals surface area contributed by atoms with Crippen LogP contribution in [0.15, 0.2) is 71.9 Å². The smallest absolute Gasteiger partial charge is 0.244 e. The number of rotatable bonds is 8. The molecule has 0 unspecified atom stereocenters. The summed E-state index contributed by atoms with van der Waals surface area (Å²) in [7, 11) is -0.695. The van der Waals surface area contributed by atoms with Crippen molar-refractivity contribution in [1.82, 2.24) is 15.3 Å². The largest absolute Gasteiger partial charge is 0.493 e. The van der Waals surface area contributed by atoms with Crippen LogP contribution in [-0.2, 0) is 14.8 Å². The Labute approximate surface area is 209 Å². The fraction of sp³-hybridized carbons (Fsp3) is 0.154. The summed E-state index contributed by atoms with van der Waals surface area (Å²) in [5, 5.41) is 8.98. The van der Waals surface area contributed by atoms with Crippen LogP contribution in [0, 0.1) is 0 Å². The average molecular weight is 507 g/mol. The second-order valence-corrected chi connectivity index (χ2v) is 9.68. The number of hydrogen-bond acceptors (Lipinski definition) is 6. The topological polar surface area (TPSA) is 136 Å². The van der Waals surface area contributed by atoms with Gasteiger partial charge in [0.15, 0.2) is 11.5 Å². The number of carbonyl (C=O) groups is 1. The van der Waals surface area contributed by atoms with Crippen molar-refractivity contribution >= 4 is 33.0 Å². The van der Waals surface area contributed by atoms with Gasteiger partial charge < -0.3 is 19.8 Å². The maximum absolute atomic E-state index is 12.6. The first-order valence-electron chi connectivity index (χ1n) is 11.0. The van der Waals surface area contributed by atoms with Gasteiger partial charge in [-0.2, -0.15) is 0 Å². The highest BCUT2D eigenvalue weighted by Crippen LogP contribution is 2.30. The third kappa shape index (κ3) is 5.40. The highest BCUT2D eigenvalue weighted by molar-refractivity contribution is 7.89. The number of nitrogens with zero attached hydrogens (tertiary/aromatic N) is 1. The Kier molecular flexibility index (Phi) is 7.09. The Balaban J connectivity index is 1.54. The van der Waals surface area contributed by atoms with E-state index in [1.165, 1.54) is 18.2 Å². The minimum Gasteiger partial charge on any atom is -0.493 e. The standard InChI is InChI=1S/C26H26N4O5S/c1-16(17-7-9-23(34-2)24(13-17)35-3)30-25(31)10-8-19-14-28-26-22(19)12-20(15-29-26)18-5-4-6-21(11-18)36(27,32)33/h4-16H,1-3H3,(H,28,29)(H,30,31)(H2,27,32,33)/b10-8+/t16-/m1/s1. The molecule has 4 aromatic rings. The number of primary sulfonamides is 1. The number of fused-ring (bicyclic) bond motifs is 1. The molecule has 9 nitrogen and oxygen atoms in total. The van der Waals surface area contributed by atoms with Crippen molar-refractivity contribution in [3.63, 3.8) is 0 Å². The van der Waals surface area contributed by atoms with E-state index in [0.717, 1.165) is 16.5 Å². The maximum Gasteiger partial charge on any atom is 0.244 e. The molecule has 10 heteroatoms. The molecule has 2 heterocycles. The van der Waals surface area contributed by atoms with Crippen molar-refractivity contribution < 1.29 is 22.7 Å². The molecule has 2 aromatic heterocycles. The second kappa shape index (κ2) is 10.2. The van der Waals surface area contributed by atoms with Gasteiger partial charge in [-0.1, -0.05) is 18.2 Å². The predicted molar refractivity (Wildman–Crippen MR) is 138 cm³/mol. The van der Waals surface area contributed by atoms with Crippen LogP contribution in [0.25, 0.3) is 28.2 Å². The van der Waals surface area contributed by atoms with E-state index in [2.05, 4.69) is 15.3 Å². The van der Waals surface area contributed by atoms with Crippen LogP contribution in [0.2, 0.25) is 0 Å². The lowest BCUT2D eigenvalue weighted by Gasteiger charge is -2.15. The van der Waals surface area contributed by atoms with Crippen molar-refractivity contribution in [2.45, 2.75) is 17.9 Å². The lowest BCUT2D eigenvalue weighted by atomic mass is 10.1. The first kappa shape index (κ1) is 25.0. The number of carbonyl (C=O) groups excluding carboxylic acids is 1. The zero-order valence-electron chi connectivity index (χ0n) is 20.0. The average Bonchev–Trinajstić information content (AvgIpc) is 3.28. The molecule has 0 aliphatic heterocycles. The number of sulfonamides is 1. The number of aromatic amines is 1. The Morgan fingerprint density at radius 1 is 1.08 bits per heavy atom. The molecule has 0 spiro atoms. The minimum atomic E-state index is -3.82. The quantitative estimate of drug-likeness (QED) is 0.311. The van der Waals surface area contributed by atoms with E-state index in [1.54, 1.807) is 50.9 Å². The van der Waals surface area contributed by atoms with Gasteiger partial charge in [0.05, 0.1) is 25.2 Å². The molecule has 1 atom stereocenters. The number of hydrogen-bond donors (Lipinski definition) is 3. The molecule has 0 aliphatic rings. The highest BCUT2D eigenvalue weighted by Gasteiger charge is 2.13. The van der Waals surface area contributed by atoms with Gasteiger partial charge in [-0.3, -0.25) is 4.79 Å². The monoisotopic (exact) mass is 506 g/mol. The Bertz CT molecular complexity index is 1560. The number of benzene rings is 2. The Morgan fingerprint density at radius 3 is 2.58 bits per heavy atom. The number of nitrogens with one attached hydrogen (secondary N) is 2. The fourth-order valence-electron chi connectivity index (χ4n) is 3.80. The van der Waals surface area contributed by atoms with E-state index >= 15 is 0 Å². The van der Waals surface area contributed by atoms with E-state index < -0.39 is 10.0 Å². The molecular weight excluding hydrogens is 480 g/mol. The van der Waals surface area contributed by atoms with Crippen LogP contribution >= 0.6 is 0 Å². The van der Waals surface area contributed by atoms with Crippen LogP contribution in [0.1, 0.15) is 24.1 Å². The normalized spacial score (nSPS) is 12.6. The summed E-state index contributed by atoms with van der Waals surface area (Å²) in [5.41, 5.74) is 3.65. The number of amides is 1. The van der Waals surface area contributed by atoms with Crippen molar-refractivity contribution in [3.05, 3.63) is 78.1 Å². The SMILES string of the molecule is COc1ccc([C@@H](C)NC(=O)/C=C/c2c[nH]c3ncc(-c4cccc(S(N)(=O)=O)c4)cc23)cc1OC. The fourth-order valence-corrected chi connectivity index (χ4v) is 4.36. The molecular formula is C26H26N4O5S. The zero-order chi connectivity index (χ0) is 25.9. The molecule has 0 aliphatic carbocycles. The number of H-pyrrole nitrogens is 1. The minimum absolute atomic E-state index is 0.0227. The van der Waals surface area contributed by atoms with Gasteiger partial charge in [-0.15, -0.1) is 0 Å². The lowest BCUT2D eigenvalue weighted by Crippen LogP contribution is -2.24. The molecule has 0 radical (unpaired) electrons. The number of ether oxygens (including phenoxy) is 2. The van der Waals surface area contributed by atoms with E-state index in [-0.39, 0.29) is 16.8 Å². The Hall–Kier alpha value is -4.15. The van der Waals surface area contributed by atoms with Crippen LogP contribution in [0.3, 0.4) is 0 Å². The molecule has 1 amide bonds. The molecule has 0 fully saturated rings. The van der Waals surface area contributed by atoms with Crippen LogP contribution in [0.4, 0.5) is 0 Å². The van der Waals surface area contributed by atoms with Gasteiger partial charge in [0.1, 0.15) is 5.65 Å². The third-order valence-corrected chi connectivity index (χ3v) is 6.65. The number of nitrogens with two attached hydrogens (primary N) is 1. The molecule has 2 aromatic carbocycles. The van der Waals surface area contributed by atoms with E-state index in [0.29, 0.717) is 28.3 Å². The molecule has 0 saturated heterocycles. The summed E-state index contributed by atoms with van der Waals surface area (Å²) < 4.78 is 34.0. The maximum atomic E-state index is 12.6. The molecule has 4 rings (SSSR count). The van der Waals surface area contributed by atoms with E-state index in [1.807, 2.05) is 25.1 Å². The number of pyridine rings is 1. The predicted octanol–water partition coefficient (Wildman–Crippen LogP) is 3.79. The van der Waals surface area contributed by atoms with E-state index in [4.69, 9.17) is 14.6 Å². The third-order valence-electron chi connectivity index (χ3n) is 5.74. The first-order chi connectivity index (χ1) is 17.2. The summed E-state index contributed by atoms with van der Waals surface area (Å²) in [6, 6.07) is 13.5. The molecule has 36 heavy (non-hydrogen) atoms. The van der Waals surface area contributed by atoms with Gasteiger partial charge in [-0.25, -0.2) is 18.5 Å². The van der Waals surface area contributed by atoms with Crippen molar-refractivity contribution in [1.29, 1.82) is 0 Å².